The Kier molecular flexibility index (Phi) is 6.11. The van der Waals surface area contributed by atoms with Gasteiger partial charge in [0.15, 0.2) is 0 Å². The maximum atomic E-state index is 12.5. The van der Waals surface area contributed by atoms with Gasteiger partial charge in [-0.05, 0) is 45.2 Å². The van der Waals surface area contributed by atoms with Crippen LogP contribution >= 0.6 is 11.3 Å². The molecular weight excluding hydrogens is 362 g/mol. The normalized spacial score (nSPS) is 16.6. The van der Waals surface area contributed by atoms with Gasteiger partial charge >= 0.3 is 0 Å². The molecule has 2 amide bonds. The lowest BCUT2D eigenvalue weighted by Gasteiger charge is -2.20. The third-order valence-electron chi connectivity index (χ3n) is 4.62. The van der Waals surface area contributed by atoms with Crippen LogP contribution in [0.5, 0.6) is 5.75 Å². The summed E-state index contributed by atoms with van der Waals surface area (Å²) < 4.78 is 5.99. The first-order valence-corrected chi connectivity index (χ1v) is 10.1. The highest BCUT2D eigenvalue weighted by molar-refractivity contribution is 7.13. The Bertz CT molecular complexity index is 819. The van der Waals surface area contributed by atoms with E-state index in [2.05, 4.69) is 10.3 Å². The molecule has 1 fully saturated rings. The quantitative estimate of drug-likeness (QED) is 0.741. The Balaban J connectivity index is 1.77. The number of nitrogens with zero attached hydrogens (tertiary/aromatic N) is 2. The summed E-state index contributed by atoms with van der Waals surface area (Å²) in [5.41, 5.74) is 4.80. The van der Waals surface area contributed by atoms with Crippen molar-refractivity contribution in [3.05, 3.63) is 35.0 Å². The van der Waals surface area contributed by atoms with Crippen LogP contribution in [-0.4, -0.2) is 40.9 Å². The molecule has 0 bridgehead atoms. The molecule has 1 unspecified atom stereocenters. The van der Waals surface area contributed by atoms with Gasteiger partial charge in [-0.3, -0.25) is 9.59 Å². The van der Waals surface area contributed by atoms with Crippen LogP contribution in [-0.2, 0) is 16.1 Å². The monoisotopic (exact) mass is 387 g/mol. The van der Waals surface area contributed by atoms with Gasteiger partial charge in [0.05, 0.1) is 22.2 Å². The van der Waals surface area contributed by atoms with Crippen molar-refractivity contribution >= 4 is 23.7 Å². The summed E-state index contributed by atoms with van der Waals surface area (Å²) in [7, 11) is 0. The number of rotatable bonds is 7. The summed E-state index contributed by atoms with van der Waals surface area (Å²) in [6, 6.07) is 5.66. The van der Waals surface area contributed by atoms with Gasteiger partial charge in [0, 0.05) is 18.7 Å². The molecule has 0 aliphatic carbocycles. The smallest absolute Gasteiger partial charge is 0.243 e. The number of aromatic nitrogens is 1. The summed E-state index contributed by atoms with van der Waals surface area (Å²) >= 11 is 1.60. The van der Waals surface area contributed by atoms with Crippen LogP contribution < -0.4 is 10.1 Å². The van der Waals surface area contributed by atoms with Crippen molar-refractivity contribution < 1.29 is 14.3 Å². The molecule has 1 aromatic heterocycles. The average Bonchev–Trinajstić information content (AvgIpc) is 3.28. The minimum absolute atomic E-state index is 0.0256. The largest absolute Gasteiger partial charge is 0.491 e. The summed E-state index contributed by atoms with van der Waals surface area (Å²) in [4.78, 5) is 30.5. The highest BCUT2D eigenvalue weighted by Crippen LogP contribution is 2.32. The highest BCUT2D eigenvalue weighted by Gasteiger charge is 2.29. The van der Waals surface area contributed by atoms with E-state index in [0.29, 0.717) is 19.5 Å². The molecule has 0 spiro atoms. The lowest BCUT2D eigenvalue weighted by atomic mass is 10.1. The second kappa shape index (κ2) is 8.52. The van der Waals surface area contributed by atoms with E-state index in [-0.39, 0.29) is 18.1 Å². The van der Waals surface area contributed by atoms with Crippen molar-refractivity contribution in [2.75, 3.05) is 6.54 Å². The number of likely N-dealkylation sites (tertiary alicyclic amines) is 1. The molecule has 0 saturated carbocycles. The molecule has 1 atom stereocenters. The predicted molar refractivity (Wildman–Crippen MR) is 106 cm³/mol. The van der Waals surface area contributed by atoms with Crippen molar-refractivity contribution in [3.63, 3.8) is 0 Å². The van der Waals surface area contributed by atoms with Gasteiger partial charge in [0.1, 0.15) is 11.8 Å². The number of benzene rings is 1. The fraction of sp³-hybridized carbons (Fsp3) is 0.450. The van der Waals surface area contributed by atoms with Crippen molar-refractivity contribution in [2.24, 2.45) is 0 Å². The summed E-state index contributed by atoms with van der Waals surface area (Å²) in [5.74, 6) is 0.645. The Morgan fingerprint density at radius 1 is 1.48 bits per heavy atom. The van der Waals surface area contributed by atoms with Gasteiger partial charge in [-0.2, -0.15) is 0 Å². The van der Waals surface area contributed by atoms with Crippen LogP contribution in [0.1, 0.15) is 37.9 Å². The fourth-order valence-electron chi connectivity index (χ4n) is 3.28. The molecular formula is C20H25N3O3S. The minimum Gasteiger partial charge on any atom is -0.491 e. The first-order chi connectivity index (χ1) is 13.0. The Labute approximate surface area is 163 Å². The number of aryl methyl sites for hydroxylation is 1. The van der Waals surface area contributed by atoms with Crippen LogP contribution in [0.25, 0.3) is 10.4 Å². The van der Waals surface area contributed by atoms with Crippen LogP contribution in [0.2, 0.25) is 0 Å². The van der Waals surface area contributed by atoms with E-state index in [1.807, 2.05) is 44.5 Å². The summed E-state index contributed by atoms with van der Waals surface area (Å²) in [5, 5.41) is 2.96. The first kappa shape index (κ1) is 19.4. The van der Waals surface area contributed by atoms with Crippen molar-refractivity contribution in [2.45, 2.75) is 52.3 Å². The summed E-state index contributed by atoms with van der Waals surface area (Å²) in [6.45, 7) is 6.96. The molecule has 144 valence electrons. The molecule has 1 aliphatic rings. The number of ether oxygens (including phenoxy) is 1. The Morgan fingerprint density at radius 3 is 2.96 bits per heavy atom. The third kappa shape index (κ3) is 4.47. The molecule has 2 heterocycles. The van der Waals surface area contributed by atoms with E-state index in [1.165, 1.54) is 0 Å². The van der Waals surface area contributed by atoms with E-state index in [4.69, 9.17) is 4.74 Å². The lowest BCUT2D eigenvalue weighted by molar-refractivity contribution is -0.131. The molecule has 2 aromatic rings. The molecule has 6 nitrogen and oxygen atoms in total. The number of thiazole rings is 1. The van der Waals surface area contributed by atoms with E-state index in [1.54, 1.807) is 16.2 Å². The number of nitrogens with one attached hydrogen (secondary N) is 1. The maximum absolute atomic E-state index is 12.5. The fourth-order valence-corrected chi connectivity index (χ4v) is 4.08. The lowest BCUT2D eigenvalue weighted by Crippen LogP contribution is -2.42. The van der Waals surface area contributed by atoms with Crippen molar-refractivity contribution in [3.8, 4) is 16.2 Å². The average molecular weight is 388 g/mol. The molecule has 1 N–H and O–H groups in total. The second-order valence-corrected chi connectivity index (χ2v) is 7.83. The molecule has 3 rings (SSSR count). The number of hydrogen-bond acceptors (Lipinski definition) is 5. The van der Waals surface area contributed by atoms with Gasteiger partial charge in [-0.25, -0.2) is 4.98 Å². The van der Waals surface area contributed by atoms with E-state index >= 15 is 0 Å². The zero-order chi connectivity index (χ0) is 19.4. The topological polar surface area (TPSA) is 71.5 Å². The number of amides is 2. The minimum atomic E-state index is -0.365. The van der Waals surface area contributed by atoms with Gasteiger partial charge in [0.2, 0.25) is 12.3 Å². The standard InChI is InChI=1S/C20H25N3O3S/c1-13(2)26-18-9-15(19-14(3)22-11-27-19)6-7-16(18)10-21-20(25)17-5-4-8-23(17)12-24/h6-7,9,11-13,17H,4-5,8,10H2,1-3H3,(H,21,25). The molecule has 1 saturated heterocycles. The Hall–Kier alpha value is -2.41. The van der Waals surface area contributed by atoms with Crippen LogP contribution in [0.15, 0.2) is 23.7 Å². The summed E-state index contributed by atoms with van der Waals surface area (Å²) in [6.07, 6.45) is 2.36. The van der Waals surface area contributed by atoms with E-state index < -0.39 is 0 Å². The molecule has 27 heavy (non-hydrogen) atoms. The zero-order valence-corrected chi connectivity index (χ0v) is 16.7. The molecule has 1 aromatic carbocycles. The van der Waals surface area contributed by atoms with Crippen molar-refractivity contribution in [1.82, 2.24) is 15.2 Å². The van der Waals surface area contributed by atoms with Crippen LogP contribution in [0.3, 0.4) is 0 Å². The van der Waals surface area contributed by atoms with Gasteiger partial charge in [-0.1, -0.05) is 12.1 Å². The molecule has 1 aliphatic heterocycles. The predicted octanol–water partition coefficient (Wildman–Crippen LogP) is 3.14. The van der Waals surface area contributed by atoms with E-state index in [9.17, 15) is 9.59 Å². The molecule has 7 heteroatoms. The third-order valence-corrected chi connectivity index (χ3v) is 5.60. The highest BCUT2D eigenvalue weighted by atomic mass is 32.1. The zero-order valence-electron chi connectivity index (χ0n) is 15.9. The van der Waals surface area contributed by atoms with Gasteiger partial charge < -0.3 is 15.0 Å². The van der Waals surface area contributed by atoms with Gasteiger partial charge in [-0.15, -0.1) is 11.3 Å². The van der Waals surface area contributed by atoms with Crippen LogP contribution in [0, 0.1) is 6.92 Å². The van der Waals surface area contributed by atoms with Crippen LogP contribution in [0.4, 0.5) is 0 Å². The number of carbonyl (C=O) groups excluding carboxylic acids is 2. The maximum Gasteiger partial charge on any atom is 0.243 e. The molecule has 0 radical (unpaired) electrons. The van der Waals surface area contributed by atoms with E-state index in [0.717, 1.165) is 40.3 Å². The van der Waals surface area contributed by atoms with Crippen molar-refractivity contribution in [1.29, 1.82) is 0 Å². The van der Waals surface area contributed by atoms with Gasteiger partial charge in [0.25, 0.3) is 0 Å². The number of carbonyl (C=O) groups is 2. The first-order valence-electron chi connectivity index (χ1n) is 9.18. The number of hydrogen-bond donors (Lipinski definition) is 1. The Morgan fingerprint density at radius 2 is 2.30 bits per heavy atom. The SMILES string of the molecule is Cc1ncsc1-c1ccc(CNC(=O)C2CCCN2C=O)c(OC(C)C)c1. The second-order valence-electron chi connectivity index (χ2n) is 6.98.